The Labute approximate surface area is 103 Å². The van der Waals surface area contributed by atoms with Gasteiger partial charge in [-0.15, -0.1) is 0 Å². The monoisotopic (exact) mass is 241 g/mol. The van der Waals surface area contributed by atoms with Gasteiger partial charge in [0.2, 0.25) is 0 Å². The second-order valence-electron chi connectivity index (χ2n) is 4.26. The van der Waals surface area contributed by atoms with E-state index in [1.165, 1.54) is 18.6 Å². The van der Waals surface area contributed by atoms with Crippen molar-refractivity contribution in [2.75, 3.05) is 18.6 Å². The summed E-state index contributed by atoms with van der Waals surface area (Å²) in [4.78, 5) is 0. The number of aromatic nitrogens is 2. The lowest BCUT2D eigenvalue weighted by Gasteiger charge is -2.04. The zero-order chi connectivity index (χ0) is 11.8. The quantitative estimate of drug-likeness (QED) is 0.710. The first-order valence-electron chi connectivity index (χ1n) is 5.97. The number of nitrogens with one attached hydrogen (secondary N) is 1. The minimum Gasteiger partial charge on any atom is -0.311 e. The molecule has 0 fully saturated rings. The smallest absolute Gasteiger partial charge is 0.0762 e. The van der Waals surface area contributed by atoms with Gasteiger partial charge in [0.25, 0.3) is 0 Å². The average Bonchev–Trinajstić information content (AvgIpc) is 2.72. The van der Waals surface area contributed by atoms with E-state index in [-0.39, 0.29) is 0 Å². The van der Waals surface area contributed by atoms with Crippen LogP contribution in [-0.4, -0.2) is 28.3 Å². The summed E-state index contributed by atoms with van der Waals surface area (Å²) in [6, 6.07) is 2.55. The van der Waals surface area contributed by atoms with E-state index >= 15 is 0 Å². The minimum atomic E-state index is 0.454. The largest absolute Gasteiger partial charge is 0.311 e. The van der Waals surface area contributed by atoms with Crippen molar-refractivity contribution in [2.24, 2.45) is 0 Å². The molecule has 1 aromatic rings. The van der Waals surface area contributed by atoms with E-state index in [0.717, 1.165) is 18.8 Å². The van der Waals surface area contributed by atoms with Gasteiger partial charge in [-0.25, -0.2) is 0 Å². The van der Waals surface area contributed by atoms with Gasteiger partial charge in [-0.3, -0.25) is 4.68 Å². The Bertz CT molecular complexity index is 284. The topological polar surface area (TPSA) is 29.9 Å². The Hall–Kier alpha value is -0.480. The predicted octanol–water partition coefficient (Wildman–Crippen LogP) is 2.70. The normalized spacial score (nSPS) is 11.2. The summed E-state index contributed by atoms with van der Waals surface area (Å²) in [6.45, 7) is 6.27. The molecule has 92 valence electrons. The van der Waals surface area contributed by atoms with Crippen molar-refractivity contribution in [3.8, 4) is 0 Å². The molecule has 1 heterocycles. The fourth-order valence-corrected chi connectivity index (χ4v) is 1.96. The van der Waals surface area contributed by atoms with Crippen LogP contribution in [0.15, 0.2) is 12.3 Å². The number of thioether (sulfide) groups is 1. The van der Waals surface area contributed by atoms with Gasteiger partial charge in [0.15, 0.2) is 0 Å². The van der Waals surface area contributed by atoms with E-state index in [1.807, 2.05) is 16.4 Å². The van der Waals surface area contributed by atoms with E-state index in [2.05, 4.69) is 42.8 Å². The van der Waals surface area contributed by atoms with Crippen LogP contribution in [0.2, 0.25) is 0 Å². The Morgan fingerprint density at radius 3 is 2.88 bits per heavy atom. The summed E-state index contributed by atoms with van der Waals surface area (Å²) < 4.78 is 2.00. The molecule has 0 aliphatic carbocycles. The van der Waals surface area contributed by atoms with E-state index in [0.29, 0.717) is 6.04 Å². The van der Waals surface area contributed by atoms with Gasteiger partial charge in [0.05, 0.1) is 5.69 Å². The highest BCUT2D eigenvalue weighted by molar-refractivity contribution is 7.98. The minimum absolute atomic E-state index is 0.454. The molecular formula is C12H23N3S. The summed E-state index contributed by atoms with van der Waals surface area (Å²) in [5, 5.41) is 7.92. The van der Waals surface area contributed by atoms with Crippen molar-refractivity contribution in [3.63, 3.8) is 0 Å². The predicted molar refractivity (Wildman–Crippen MR) is 71.9 cm³/mol. The molecule has 3 nitrogen and oxygen atoms in total. The summed E-state index contributed by atoms with van der Waals surface area (Å²) in [5.74, 6) is 1.27. The number of rotatable bonds is 8. The zero-order valence-electron chi connectivity index (χ0n) is 10.6. The third kappa shape index (κ3) is 5.03. The Morgan fingerprint density at radius 1 is 1.44 bits per heavy atom. The molecule has 0 aliphatic rings. The third-order valence-corrected chi connectivity index (χ3v) is 3.15. The van der Waals surface area contributed by atoms with E-state index in [1.54, 1.807) is 0 Å². The summed E-state index contributed by atoms with van der Waals surface area (Å²) in [5.41, 5.74) is 1.14. The first-order valence-corrected chi connectivity index (χ1v) is 7.37. The van der Waals surface area contributed by atoms with Crippen LogP contribution in [0.4, 0.5) is 0 Å². The van der Waals surface area contributed by atoms with Crippen molar-refractivity contribution in [2.45, 2.75) is 39.3 Å². The van der Waals surface area contributed by atoms with Gasteiger partial charge < -0.3 is 5.32 Å². The van der Waals surface area contributed by atoms with Crippen LogP contribution >= 0.6 is 11.8 Å². The van der Waals surface area contributed by atoms with Crippen LogP contribution in [0.1, 0.15) is 38.4 Å². The first kappa shape index (κ1) is 13.6. The van der Waals surface area contributed by atoms with Gasteiger partial charge in [-0.1, -0.05) is 0 Å². The van der Waals surface area contributed by atoms with Crippen LogP contribution in [0.3, 0.4) is 0 Å². The van der Waals surface area contributed by atoms with E-state index in [9.17, 15) is 0 Å². The van der Waals surface area contributed by atoms with Crippen LogP contribution in [0, 0.1) is 0 Å². The molecule has 0 bridgehead atoms. The van der Waals surface area contributed by atoms with Gasteiger partial charge in [0, 0.05) is 18.8 Å². The summed E-state index contributed by atoms with van der Waals surface area (Å²) >= 11 is 1.92. The maximum atomic E-state index is 4.49. The molecule has 0 aliphatic heterocycles. The van der Waals surface area contributed by atoms with Crippen molar-refractivity contribution < 1.29 is 0 Å². The lowest BCUT2D eigenvalue weighted by atomic mass is 10.3. The highest BCUT2D eigenvalue weighted by atomic mass is 32.2. The molecule has 0 amide bonds. The fraction of sp³-hybridized carbons (Fsp3) is 0.750. The summed E-state index contributed by atoms with van der Waals surface area (Å²) in [6.07, 6.45) is 6.77. The molecule has 0 atom stereocenters. The third-order valence-electron chi connectivity index (χ3n) is 2.45. The molecule has 1 N–H and O–H groups in total. The fourth-order valence-electron chi connectivity index (χ4n) is 1.47. The zero-order valence-corrected chi connectivity index (χ0v) is 11.4. The maximum absolute atomic E-state index is 4.49. The molecule has 4 heteroatoms. The Morgan fingerprint density at radius 2 is 2.25 bits per heavy atom. The molecule has 1 aromatic heterocycles. The lowest BCUT2D eigenvalue weighted by Crippen LogP contribution is -2.15. The number of hydrogen-bond acceptors (Lipinski definition) is 3. The van der Waals surface area contributed by atoms with Crippen LogP contribution in [0.5, 0.6) is 0 Å². The van der Waals surface area contributed by atoms with E-state index < -0.39 is 0 Å². The van der Waals surface area contributed by atoms with Gasteiger partial charge in [0.1, 0.15) is 0 Å². The lowest BCUT2D eigenvalue weighted by molar-refractivity contribution is 0.520. The maximum Gasteiger partial charge on any atom is 0.0762 e. The molecule has 0 spiro atoms. The van der Waals surface area contributed by atoms with Gasteiger partial charge in [-0.05, 0) is 51.3 Å². The summed E-state index contributed by atoms with van der Waals surface area (Å²) in [7, 11) is 0. The van der Waals surface area contributed by atoms with Gasteiger partial charge in [-0.2, -0.15) is 16.9 Å². The second-order valence-corrected chi connectivity index (χ2v) is 5.24. The molecule has 0 radical (unpaired) electrons. The first-order chi connectivity index (χ1) is 7.74. The number of unbranched alkanes of at least 4 members (excludes halogenated alkanes) is 1. The Kier molecular flexibility index (Phi) is 6.57. The Balaban J connectivity index is 2.12. The van der Waals surface area contributed by atoms with Crippen LogP contribution in [0.25, 0.3) is 0 Å². The van der Waals surface area contributed by atoms with Crippen LogP contribution in [-0.2, 0) is 6.54 Å². The van der Waals surface area contributed by atoms with Crippen molar-refractivity contribution in [1.82, 2.24) is 15.1 Å². The molecular weight excluding hydrogens is 218 g/mol. The molecule has 0 unspecified atom stereocenters. The van der Waals surface area contributed by atoms with Gasteiger partial charge >= 0.3 is 0 Å². The average molecular weight is 241 g/mol. The number of nitrogens with zero attached hydrogens (tertiary/aromatic N) is 2. The molecule has 16 heavy (non-hydrogen) atoms. The van der Waals surface area contributed by atoms with Crippen molar-refractivity contribution in [3.05, 3.63) is 18.0 Å². The van der Waals surface area contributed by atoms with Crippen LogP contribution < -0.4 is 5.32 Å². The molecule has 1 rings (SSSR count). The van der Waals surface area contributed by atoms with Crippen molar-refractivity contribution >= 4 is 11.8 Å². The molecule has 0 saturated carbocycles. The molecule has 0 saturated heterocycles. The van der Waals surface area contributed by atoms with Crippen molar-refractivity contribution in [1.29, 1.82) is 0 Å². The highest BCUT2D eigenvalue weighted by Gasteiger charge is 2.00. The SMILES string of the molecule is CSCCCCNCc1ccn(C(C)C)n1. The number of hydrogen-bond donors (Lipinski definition) is 1. The van der Waals surface area contributed by atoms with E-state index in [4.69, 9.17) is 0 Å². The second kappa shape index (κ2) is 7.74. The standard InChI is InChI=1S/C12H23N3S/c1-11(2)15-8-6-12(14-15)10-13-7-4-5-9-16-3/h6,8,11,13H,4-5,7,9-10H2,1-3H3. The molecule has 0 aromatic carbocycles. The highest BCUT2D eigenvalue weighted by Crippen LogP contribution is 2.04.